The summed E-state index contributed by atoms with van der Waals surface area (Å²) in [6, 6.07) is 0.334. The highest BCUT2D eigenvalue weighted by Gasteiger charge is 2.46. The number of halogens is 4. The number of nitrogens with one attached hydrogen (secondary N) is 1. The van der Waals surface area contributed by atoms with E-state index in [2.05, 4.69) is 9.73 Å². The van der Waals surface area contributed by atoms with Crippen molar-refractivity contribution in [3.8, 4) is 0 Å². The standard InChI is InChI=1S/C22H21F4N3O4/c1-12-10-15(19(33-12)22(24,25)26)27-20(31)17-18(30)16-6-3-9-28(16)29(21(17)32)11-13-4-2-5-14(23)8-7-13/h2,4-5,8,10,16,30H,3,6-7,9,11H2,1H3,(H,27,31). The average Bonchev–Trinajstić information content (AvgIpc) is 3.30. The lowest BCUT2D eigenvalue weighted by atomic mass is 10.0. The molecule has 0 spiro atoms. The van der Waals surface area contributed by atoms with Crippen molar-refractivity contribution in [1.82, 2.24) is 10.0 Å². The lowest BCUT2D eigenvalue weighted by Crippen LogP contribution is -2.56. The first kappa shape index (κ1) is 22.8. The number of furan rings is 1. The number of hydrogen-bond acceptors (Lipinski definition) is 5. The van der Waals surface area contributed by atoms with Crippen LogP contribution < -0.4 is 5.32 Å². The maximum absolute atomic E-state index is 13.5. The van der Waals surface area contributed by atoms with E-state index in [-0.39, 0.29) is 18.7 Å². The van der Waals surface area contributed by atoms with Crippen molar-refractivity contribution in [2.45, 2.75) is 38.4 Å². The third-order valence-electron chi connectivity index (χ3n) is 5.64. The first-order chi connectivity index (χ1) is 15.6. The second-order valence-corrected chi connectivity index (χ2v) is 7.97. The fourth-order valence-corrected chi connectivity index (χ4v) is 4.17. The van der Waals surface area contributed by atoms with E-state index in [1.807, 2.05) is 0 Å². The van der Waals surface area contributed by atoms with Gasteiger partial charge < -0.3 is 14.8 Å². The predicted octanol–water partition coefficient (Wildman–Crippen LogP) is 4.32. The molecule has 4 rings (SSSR count). The van der Waals surface area contributed by atoms with Crippen LogP contribution in [0, 0.1) is 6.92 Å². The molecule has 1 fully saturated rings. The predicted molar refractivity (Wildman–Crippen MR) is 109 cm³/mol. The van der Waals surface area contributed by atoms with Crippen LogP contribution in [-0.4, -0.2) is 46.1 Å². The van der Waals surface area contributed by atoms with Crippen LogP contribution in [0.5, 0.6) is 0 Å². The summed E-state index contributed by atoms with van der Waals surface area (Å²) in [5, 5.41) is 15.7. The van der Waals surface area contributed by atoms with Gasteiger partial charge in [0.2, 0.25) is 5.76 Å². The Balaban J connectivity index is 1.63. The molecular formula is C22H21F4N3O4. The molecule has 2 N–H and O–H groups in total. The number of nitrogens with zero attached hydrogens (tertiary/aromatic N) is 2. The molecule has 2 amide bonds. The molecule has 0 saturated carbocycles. The van der Waals surface area contributed by atoms with Gasteiger partial charge in [0.15, 0.2) is 0 Å². The minimum Gasteiger partial charge on any atom is -0.510 e. The SMILES string of the molecule is Cc1cc(NC(=O)C2=C(O)C3CCCN3N(CC3=CC=CC(F)=CC3)C2=O)c(C(F)(F)F)o1. The van der Waals surface area contributed by atoms with Gasteiger partial charge in [0.05, 0.1) is 18.3 Å². The molecule has 0 aromatic carbocycles. The molecule has 3 heterocycles. The second-order valence-electron chi connectivity index (χ2n) is 7.97. The second kappa shape index (κ2) is 8.54. The highest BCUT2D eigenvalue weighted by atomic mass is 19.4. The molecule has 7 nitrogen and oxygen atoms in total. The topological polar surface area (TPSA) is 86.0 Å². The number of anilines is 1. The Kier molecular flexibility index (Phi) is 5.91. The number of aryl methyl sites for hydroxylation is 1. The smallest absolute Gasteiger partial charge is 0.451 e. The van der Waals surface area contributed by atoms with Crippen molar-refractivity contribution < 1.29 is 36.7 Å². The summed E-state index contributed by atoms with van der Waals surface area (Å²) in [6.07, 6.45) is 2.26. The molecule has 3 aliphatic rings. The zero-order chi connectivity index (χ0) is 23.9. The van der Waals surface area contributed by atoms with Crippen molar-refractivity contribution in [3.63, 3.8) is 0 Å². The van der Waals surface area contributed by atoms with E-state index < -0.39 is 52.6 Å². The average molecular weight is 467 g/mol. The molecule has 176 valence electrons. The lowest BCUT2D eigenvalue weighted by molar-refractivity contribution is -0.152. The summed E-state index contributed by atoms with van der Waals surface area (Å²) in [6.45, 7) is 1.77. The molecule has 1 aromatic rings. The monoisotopic (exact) mass is 467 g/mol. The van der Waals surface area contributed by atoms with Gasteiger partial charge in [0.1, 0.15) is 22.9 Å². The summed E-state index contributed by atoms with van der Waals surface area (Å²) in [4.78, 5) is 26.2. The largest absolute Gasteiger partial charge is 0.510 e. The van der Waals surface area contributed by atoms with E-state index in [0.717, 1.165) is 6.07 Å². The van der Waals surface area contributed by atoms with Crippen LogP contribution in [0.4, 0.5) is 23.2 Å². The number of aliphatic hydroxyl groups is 1. The zero-order valence-corrected chi connectivity index (χ0v) is 17.6. The van der Waals surface area contributed by atoms with E-state index in [4.69, 9.17) is 0 Å². The Morgan fingerprint density at radius 3 is 2.85 bits per heavy atom. The van der Waals surface area contributed by atoms with Crippen molar-refractivity contribution in [3.05, 3.63) is 64.6 Å². The number of hydrogen-bond donors (Lipinski definition) is 2. The summed E-state index contributed by atoms with van der Waals surface area (Å²) >= 11 is 0. The van der Waals surface area contributed by atoms with Crippen LogP contribution in [0.25, 0.3) is 0 Å². The molecule has 1 aromatic heterocycles. The number of carbonyl (C=O) groups excluding carboxylic acids is 2. The van der Waals surface area contributed by atoms with Gasteiger partial charge >= 0.3 is 6.18 Å². The van der Waals surface area contributed by atoms with Gasteiger partial charge in [-0.25, -0.2) is 9.40 Å². The first-order valence-corrected chi connectivity index (χ1v) is 10.3. The van der Waals surface area contributed by atoms with Crippen LogP contribution >= 0.6 is 0 Å². The third kappa shape index (κ3) is 4.45. The Hall–Kier alpha value is -3.34. The first-order valence-electron chi connectivity index (χ1n) is 10.3. The number of carbonyl (C=O) groups is 2. The molecule has 33 heavy (non-hydrogen) atoms. The number of alkyl halides is 3. The third-order valence-corrected chi connectivity index (χ3v) is 5.64. The molecular weight excluding hydrogens is 446 g/mol. The molecule has 1 atom stereocenters. The Morgan fingerprint density at radius 1 is 1.36 bits per heavy atom. The van der Waals surface area contributed by atoms with Gasteiger partial charge in [-0.15, -0.1) is 0 Å². The van der Waals surface area contributed by atoms with Crippen molar-refractivity contribution >= 4 is 17.5 Å². The van der Waals surface area contributed by atoms with Crippen molar-refractivity contribution in [1.29, 1.82) is 0 Å². The zero-order valence-electron chi connectivity index (χ0n) is 17.6. The van der Waals surface area contributed by atoms with Gasteiger partial charge in [0.25, 0.3) is 11.8 Å². The van der Waals surface area contributed by atoms with E-state index >= 15 is 0 Å². The van der Waals surface area contributed by atoms with E-state index in [0.29, 0.717) is 25.0 Å². The van der Waals surface area contributed by atoms with Gasteiger partial charge in [-0.2, -0.15) is 13.2 Å². The summed E-state index contributed by atoms with van der Waals surface area (Å²) in [7, 11) is 0. The number of amides is 2. The minimum absolute atomic E-state index is 0.0339. The lowest BCUT2D eigenvalue weighted by Gasteiger charge is -2.40. The van der Waals surface area contributed by atoms with Gasteiger partial charge in [-0.05, 0) is 43.9 Å². The van der Waals surface area contributed by atoms with Gasteiger partial charge in [-0.3, -0.25) is 14.6 Å². The molecule has 0 radical (unpaired) electrons. The van der Waals surface area contributed by atoms with Crippen molar-refractivity contribution in [2.75, 3.05) is 18.4 Å². The fraction of sp³-hybridized carbons (Fsp3) is 0.364. The number of allylic oxidation sites excluding steroid dienone is 5. The molecule has 1 aliphatic carbocycles. The summed E-state index contributed by atoms with van der Waals surface area (Å²) < 4.78 is 57.9. The molecule has 1 unspecified atom stereocenters. The molecule has 1 saturated heterocycles. The highest BCUT2D eigenvalue weighted by Crippen LogP contribution is 2.38. The molecule has 0 bridgehead atoms. The summed E-state index contributed by atoms with van der Waals surface area (Å²) in [5.41, 5.74) is -0.587. The number of aliphatic hydroxyl groups excluding tert-OH is 1. The maximum Gasteiger partial charge on any atom is 0.451 e. The Bertz CT molecular complexity index is 1110. The van der Waals surface area contributed by atoms with E-state index in [9.17, 15) is 32.3 Å². The Morgan fingerprint density at radius 2 is 2.12 bits per heavy atom. The van der Waals surface area contributed by atoms with Crippen LogP contribution in [-0.2, 0) is 15.8 Å². The van der Waals surface area contributed by atoms with Crippen LogP contribution in [0.3, 0.4) is 0 Å². The number of fused-ring (bicyclic) bond motifs is 1. The van der Waals surface area contributed by atoms with Crippen LogP contribution in [0.1, 0.15) is 30.8 Å². The highest BCUT2D eigenvalue weighted by molar-refractivity contribution is 6.23. The van der Waals surface area contributed by atoms with Crippen LogP contribution in [0.2, 0.25) is 0 Å². The van der Waals surface area contributed by atoms with Gasteiger partial charge in [0, 0.05) is 12.6 Å². The van der Waals surface area contributed by atoms with Crippen molar-refractivity contribution in [2.24, 2.45) is 0 Å². The molecule has 2 aliphatic heterocycles. The maximum atomic E-state index is 13.5. The Labute approximate surface area is 186 Å². The van der Waals surface area contributed by atoms with Gasteiger partial charge in [-0.1, -0.05) is 12.2 Å². The van der Waals surface area contributed by atoms with Crippen LogP contribution in [0.15, 0.2) is 57.5 Å². The fourth-order valence-electron chi connectivity index (χ4n) is 4.17. The quantitative estimate of drug-likeness (QED) is 0.509. The number of rotatable bonds is 4. The summed E-state index contributed by atoms with van der Waals surface area (Å²) in [5.74, 6) is -4.40. The number of hydrazine groups is 1. The van der Waals surface area contributed by atoms with E-state index in [1.165, 1.54) is 30.2 Å². The van der Waals surface area contributed by atoms with E-state index in [1.54, 1.807) is 11.1 Å². The molecule has 11 heteroatoms. The normalized spacial score (nSPS) is 21.7. The minimum atomic E-state index is -4.86.